The highest BCUT2D eigenvalue weighted by molar-refractivity contribution is 5.37. The van der Waals surface area contributed by atoms with Crippen LogP contribution in [0, 0.1) is 19.7 Å². The fourth-order valence-corrected chi connectivity index (χ4v) is 1.91. The second kappa shape index (κ2) is 4.68. The first-order valence-electron chi connectivity index (χ1n) is 5.58. The minimum absolute atomic E-state index is 0.327. The van der Waals surface area contributed by atoms with Crippen molar-refractivity contribution in [3.8, 4) is 0 Å². The Bertz CT molecular complexity index is 534. The zero-order chi connectivity index (χ0) is 12.4. The summed E-state index contributed by atoms with van der Waals surface area (Å²) in [5, 5.41) is 10.3. The summed E-state index contributed by atoms with van der Waals surface area (Å²) >= 11 is 0. The Kier molecular flexibility index (Phi) is 3.25. The predicted octanol–water partition coefficient (Wildman–Crippen LogP) is 3.52. The first-order valence-corrected chi connectivity index (χ1v) is 5.58. The van der Waals surface area contributed by atoms with Crippen molar-refractivity contribution in [1.82, 2.24) is 0 Å². The largest absolute Gasteiger partial charge is 0.384 e. The van der Waals surface area contributed by atoms with Crippen LogP contribution in [-0.2, 0) is 0 Å². The van der Waals surface area contributed by atoms with E-state index in [9.17, 15) is 9.50 Å². The smallest absolute Gasteiger partial charge is 0.123 e. The van der Waals surface area contributed by atoms with Crippen LogP contribution in [0.15, 0.2) is 42.5 Å². The highest BCUT2D eigenvalue weighted by Gasteiger charge is 2.13. The van der Waals surface area contributed by atoms with Gasteiger partial charge in [-0.3, -0.25) is 0 Å². The molecule has 0 aliphatic rings. The Morgan fingerprint density at radius 3 is 2.53 bits per heavy atom. The van der Waals surface area contributed by atoms with Gasteiger partial charge >= 0.3 is 0 Å². The van der Waals surface area contributed by atoms with E-state index in [1.807, 2.05) is 32.0 Å². The van der Waals surface area contributed by atoms with Crippen LogP contribution in [-0.4, -0.2) is 5.11 Å². The van der Waals surface area contributed by atoms with Crippen molar-refractivity contribution in [2.45, 2.75) is 20.0 Å². The van der Waals surface area contributed by atoms with Crippen molar-refractivity contribution in [3.05, 3.63) is 70.5 Å². The van der Waals surface area contributed by atoms with E-state index in [0.29, 0.717) is 5.56 Å². The summed E-state index contributed by atoms with van der Waals surface area (Å²) in [6.07, 6.45) is -0.773. The molecule has 0 radical (unpaired) electrons. The summed E-state index contributed by atoms with van der Waals surface area (Å²) in [5.41, 5.74) is 3.50. The second-order valence-corrected chi connectivity index (χ2v) is 4.32. The van der Waals surface area contributed by atoms with E-state index < -0.39 is 6.10 Å². The zero-order valence-electron chi connectivity index (χ0n) is 9.94. The molecule has 1 atom stereocenters. The van der Waals surface area contributed by atoms with Gasteiger partial charge in [0.15, 0.2) is 0 Å². The van der Waals surface area contributed by atoms with Gasteiger partial charge in [0.25, 0.3) is 0 Å². The van der Waals surface area contributed by atoms with Crippen molar-refractivity contribution in [3.63, 3.8) is 0 Å². The Balaban J connectivity index is 2.43. The predicted molar refractivity (Wildman–Crippen MR) is 66.4 cm³/mol. The molecule has 0 bridgehead atoms. The molecule has 0 heterocycles. The molecule has 0 fully saturated rings. The summed E-state index contributed by atoms with van der Waals surface area (Å²) in [6, 6.07) is 12.0. The number of benzene rings is 2. The SMILES string of the molecule is Cc1ccc(C)c([C@H](O)c2cccc(F)c2)c1. The van der Waals surface area contributed by atoms with Crippen molar-refractivity contribution in [1.29, 1.82) is 0 Å². The lowest BCUT2D eigenvalue weighted by molar-refractivity contribution is 0.219. The normalized spacial score (nSPS) is 12.5. The molecule has 0 saturated heterocycles. The van der Waals surface area contributed by atoms with E-state index in [2.05, 4.69) is 0 Å². The summed E-state index contributed by atoms with van der Waals surface area (Å²) in [5.74, 6) is -0.327. The minimum Gasteiger partial charge on any atom is -0.384 e. The van der Waals surface area contributed by atoms with Crippen LogP contribution in [0.3, 0.4) is 0 Å². The Morgan fingerprint density at radius 1 is 1.06 bits per heavy atom. The van der Waals surface area contributed by atoms with Crippen LogP contribution in [0.1, 0.15) is 28.4 Å². The van der Waals surface area contributed by atoms with Gasteiger partial charge in [-0.15, -0.1) is 0 Å². The summed E-state index contributed by atoms with van der Waals surface area (Å²) in [6.45, 7) is 3.92. The Morgan fingerprint density at radius 2 is 1.82 bits per heavy atom. The van der Waals surface area contributed by atoms with Crippen molar-refractivity contribution in [2.24, 2.45) is 0 Å². The molecule has 0 spiro atoms. The van der Waals surface area contributed by atoms with Crippen molar-refractivity contribution < 1.29 is 9.50 Å². The van der Waals surface area contributed by atoms with Gasteiger partial charge in [0.1, 0.15) is 11.9 Å². The molecule has 0 aromatic heterocycles. The van der Waals surface area contributed by atoms with Gasteiger partial charge in [-0.2, -0.15) is 0 Å². The highest BCUT2D eigenvalue weighted by atomic mass is 19.1. The van der Waals surface area contributed by atoms with Crippen molar-refractivity contribution in [2.75, 3.05) is 0 Å². The lowest BCUT2D eigenvalue weighted by atomic mass is 9.96. The fraction of sp³-hybridized carbons (Fsp3) is 0.200. The third-order valence-corrected chi connectivity index (χ3v) is 2.89. The van der Waals surface area contributed by atoms with Gasteiger partial charge in [0.2, 0.25) is 0 Å². The van der Waals surface area contributed by atoms with Crippen LogP contribution in [0.4, 0.5) is 4.39 Å². The van der Waals surface area contributed by atoms with E-state index in [0.717, 1.165) is 16.7 Å². The standard InChI is InChI=1S/C15H15FO/c1-10-6-7-11(2)14(8-10)15(17)12-4-3-5-13(16)9-12/h3-9,15,17H,1-2H3/t15-/m1/s1. The number of rotatable bonds is 2. The molecule has 0 aliphatic heterocycles. The van der Waals surface area contributed by atoms with Gasteiger partial charge in [0.05, 0.1) is 0 Å². The van der Waals surface area contributed by atoms with Crippen LogP contribution >= 0.6 is 0 Å². The zero-order valence-corrected chi connectivity index (χ0v) is 9.94. The molecule has 0 unspecified atom stereocenters. The molecule has 88 valence electrons. The van der Waals surface area contributed by atoms with E-state index in [-0.39, 0.29) is 5.82 Å². The average Bonchev–Trinajstić information content (AvgIpc) is 2.31. The molecule has 2 aromatic rings. The number of halogens is 1. The molecule has 2 aromatic carbocycles. The van der Waals surface area contributed by atoms with Crippen LogP contribution in [0.25, 0.3) is 0 Å². The summed E-state index contributed by atoms with van der Waals surface area (Å²) < 4.78 is 13.1. The maximum Gasteiger partial charge on any atom is 0.123 e. The van der Waals surface area contributed by atoms with E-state index >= 15 is 0 Å². The second-order valence-electron chi connectivity index (χ2n) is 4.32. The quantitative estimate of drug-likeness (QED) is 0.836. The number of hydrogen-bond acceptors (Lipinski definition) is 1. The first kappa shape index (κ1) is 11.8. The number of aryl methyl sites for hydroxylation is 2. The Hall–Kier alpha value is -1.67. The number of hydrogen-bond donors (Lipinski definition) is 1. The fourth-order valence-electron chi connectivity index (χ4n) is 1.91. The maximum absolute atomic E-state index is 13.1. The highest BCUT2D eigenvalue weighted by Crippen LogP contribution is 2.25. The summed E-state index contributed by atoms with van der Waals surface area (Å²) in [7, 11) is 0. The lowest BCUT2D eigenvalue weighted by Gasteiger charge is -2.15. The molecule has 2 rings (SSSR count). The summed E-state index contributed by atoms with van der Waals surface area (Å²) in [4.78, 5) is 0. The van der Waals surface area contributed by atoms with Crippen molar-refractivity contribution >= 4 is 0 Å². The van der Waals surface area contributed by atoms with Gasteiger partial charge in [-0.1, -0.05) is 35.9 Å². The van der Waals surface area contributed by atoms with Gasteiger partial charge in [-0.25, -0.2) is 4.39 Å². The van der Waals surface area contributed by atoms with E-state index in [1.54, 1.807) is 12.1 Å². The maximum atomic E-state index is 13.1. The number of aliphatic hydroxyl groups is 1. The topological polar surface area (TPSA) is 20.2 Å². The number of aliphatic hydroxyl groups excluding tert-OH is 1. The van der Waals surface area contributed by atoms with Crippen LogP contribution in [0.5, 0.6) is 0 Å². The van der Waals surface area contributed by atoms with Gasteiger partial charge < -0.3 is 5.11 Å². The average molecular weight is 230 g/mol. The third kappa shape index (κ3) is 2.53. The molecule has 1 N–H and O–H groups in total. The molecule has 17 heavy (non-hydrogen) atoms. The van der Waals surface area contributed by atoms with E-state index in [1.165, 1.54) is 12.1 Å². The Labute approximate surface area is 101 Å². The molecular formula is C15H15FO. The first-order chi connectivity index (χ1) is 8.08. The molecule has 0 aliphatic carbocycles. The molecular weight excluding hydrogens is 215 g/mol. The van der Waals surface area contributed by atoms with Gasteiger partial charge in [0, 0.05) is 0 Å². The molecule has 2 heteroatoms. The van der Waals surface area contributed by atoms with Crippen LogP contribution in [0.2, 0.25) is 0 Å². The third-order valence-electron chi connectivity index (χ3n) is 2.89. The monoisotopic (exact) mass is 230 g/mol. The van der Waals surface area contributed by atoms with E-state index in [4.69, 9.17) is 0 Å². The van der Waals surface area contributed by atoms with Crippen LogP contribution < -0.4 is 0 Å². The lowest BCUT2D eigenvalue weighted by Crippen LogP contribution is -2.02. The molecule has 0 saturated carbocycles. The van der Waals surface area contributed by atoms with Gasteiger partial charge in [-0.05, 0) is 42.7 Å². The molecule has 0 amide bonds. The minimum atomic E-state index is -0.773. The molecule has 1 nitrogen and oxygen atoms in total.